The van der Waals surface area contributed by atoms with Crippen LogP contribution in [0.5, 0.6) is 11.5 Å². The molecule has 0 fully saturated rings. The number of fused-ring (bicyclic) bond motifs is 3. The van der Waals surface area contributed by atoms with E-state index in [4.69, 9.17) is 9.47 Å². The number of hydrogen-bond acceptors (Lipinski definition) is 2. The molecule has 1 heterocycles. The lowest BCUT2D eigenvalue weighted by atomic mass is 10.1. The number of ether oxygens (including phenoxy) is 2. The zero-order chi connectivity index (χ0) is 20.5. The van der Waals surface area contributed by atoms with Gasteiger partial charge in [0.25, 0.3) is 0 Å². The molecule has 0 aliphatic carbocycles. The Kier molecular flexibility index (Phi) is 4.60. The summed E-state index contributed by atoms with van der Waals surface area (Å²) < 4.78 is 28.0. The molecule has 1 aromatic heterocycles. The molecule has 5 rings (SSSR count). The first kappa shape index (κ1) is 18.3. The summed E-state index contributed by atoms with van der Waals surface area (Å²) in [5.74, 6) is 1.01. The summed E-state index contributed by atoms with van der Waals surface area (Å²) in [5.41, 5.74) is 2.66. The Hall–Kier alpha value is -3.79. The first-order valence-electron chi connectivity index (χ1n) is 9.70. The molecular weight excluding hydrogens is 377 g/mol. The van der Waals surface area contributed by atoms with Crippen LogP contribution in [0.2, 0.25) is 0 Å². The van der Waals surface area contributed by atoms with E-state index in [0.717, 1.165) is 27.5 Å². The van der Waals surface area contributed by atoms with Gasteiger partial charge in [0.15, 0.2) is 11.5 Å². The maximum atomic E-state index is 14.7. The molecule has 0 atom stereocenters. The van der Waals surface area contributed by atoms with E-state index in [1.165, 1.54) is 0 Å². The number of methoxy groups -OCH3 is 1. The van der Waals surface area contributed by atoms with Gasteiger partial charge < -0.3 is 14.0 Å². The van der Waals surface area contributed by atoms with Crippen molar-refractivity contribution in [2.45, 2.75) is 6.61 Å². The Morgan fingerprint density at radius 3 is 2.40 bits per heavy atom. The van der Waals surface area contributed by atoms with Crippen molar-refractivity contribution in [1.29, 1.82) is 0 Å². The zero-order valence-corrected chi connectivity index (χ0v) is 16.4. The fourth-order valence-corrected chi connectivity index (χ4v) is 3.74. The van der Waals surface area contributed by atoms with Gasteiger partial charge in [-0.3, -0.25) is 0 Å². The molecule has 0 unspecified atom stereocenters. The highest BCUT2D eigenvalue weighted by atomic mass is 19.1. The van der Waals surface area contributed by atoms with Crippen LogP contribution in [0.25, 0.3) is 27.4 Å². The van der Waals surface area contributed by atoms with Crippen LogP contribution in [0.3, 0.4) is 0 Å². The van der Waals surface area contributed by atoms with E-state index in [9.17, 15) is 4.39 Å². The van der Waals surface area contributed by atoms with Crippen molar-refractivity contribution in [3.8, 4) is 17.2 Å². The van der Waals surface area contributed by atoms with E-state index >= 15 is 0 Å². The van der Waals surface area contributed by atoms with Crippen LogP contribution in [0, 0.1) is 12.0 Å². The minimum atomic E-state index is -0.249. The second-order valence-corrected chi connectivity index (χ2v) is 7.06. The third-order valence-corrected chi connectivity index (χ3v) is 5.24. The van der Waals surface area contributed by atoms with Gasteiger partial charge in [0, 0.05) is 16.8 Å². The lowest BCUT2D eigenvalue weighted by molar-refractivity contribution is 0.284. The highest BCUT2D eigenvalue weighted by molar-refractivity contribution is 6.07. The molecule has 4 heteroatoms. The topological polar surface area (TPSA) is 23.4 Å². The smallest absolute Gasteiger partial charge is 0.162 e. The van der Waals surface area contributed by atoms with Crippen LogP contribution in [0.1, 0.15) is 5.56 Å². The fraction of sp³-hybridized carbons (Fsp3) is 0.0769. The summed E-state index contributed by atoms with van der Waals surface area (Å²) in [4.78, 5) is 0. The van der Waals surface area contributed by atoms with Gasteiger partial charge in [-0.2, -0.15) is 0 Å². The molecule has 1 radical (unpaired) electrons. The van der Waals surface area contributed by atoms with Crippen LogP contribution in [-0.4, -0.2) is 11.7 Å². The molecule has 0 bridgehead atoms. The van der Waals surface area contributed by atoms with E-state index in [1.807, 2.05) is 77.4 Å². The number of benzene rings is 4. The quantitative estimate of drug-likeness (QED) is 0.347. The third-order valence-electron chi connectivity index (χ3n) is 5.24. The van der Waals surface area contributed by atoms with E-state index in [2.05, 4.69) is 6.20 Å². The second kappa shape index (κ2) is 7.56. The number of hydrogen-bond donors (Lipinski definition) is 0. The molecule has 0 aliphatic heterocycles. The Balaban J connectivity index is 1.53. The standard InChI is InChI=1S/C26H19FNO2/c1-29-26-15-19(11-12-25(26)30-17-18-7-3-2-4-8-18)28-14-13-22-20-9-5-6-10-21(20)23(27)16-24(22)28/h2-13,15-16H,17H2,1H3. The van der Waals surface area contributed by atoms with Crippen LogP contribution < -0.4 is 9.47 Å². The average Bonchev–Trinajstić information content (AvgIpc) is 3.22. The van der Waals surface area contributed by atoms with Gasteiger partial charge >= 0.3 is 0 Å². The molecule has 0 saturated heterocycles. The van der Waals surface area contributed by atoms with Crippen LogP contribution in [0.4, 0.5) is 4.39 Å². The van der Waals surface area contributed by atoms with Gasteiger partial charge in [0.2, 0.25) is 0 Å². The van der Waals surface area contributed by atoms with Crippen LogP contribution in [-0.2, 0) is 6.61 Å². The van der Waals surface area contributed by atoms with Crippen LogP contribution in [0.15, 0.2) is 84.9 Å². The molecule has 0 amide bonds. The van der Waals surface area contributed by atoms with Crippen molar-refractivity contribution in [2.75, 3.05) is 7.11 Å². The molecule has 30 heavy (non-hydrogen) atoms. The molecular formula is C26H19FNO2. The number of aromatic nitrogens is 1. The summed E-state index contributed by atoms with van der Waals surface area (Å²) >= 11 is 0. The van der Waals surface area contributed by atoms with Crippen molar-refractivity contribution >= 4 is 21.7 Å². The largest absolute Gasteiger partial charge is 0.493 e. The van der Waals surface area contributed by atoms with E-state index < -0.39 is 0 Å². The van der Waals surface area contributed by atoms with Gasteiger partial charge in [-0.05, 0) is 35.2 Å². The molecule has 3 nitrogen and oxygen atoms in total. The predicted octanol–water partition coefficient (Wildman–Crippen LogP) is 6.31. The average molecular weight is 396 g/mol. The van der Waals surface area contributed by atoms with Gasteiger partial charge in [0.05, 0.1) is 24.5 Å². The van der Waals surface area contributed by atoms with Crippen molar-refractivity contribution in [1.82, 2.24) is 4.57 Å². The molecule has 0 saturated carbocycles. The molecule has 0 aliphatic rings. The van der Waals surface area contributed by atoms with Crippen molar-refractivity contribution in [3.63, 3.8) is 0 Å². The Labute approximate surface area is 173 Å². The summed E-state index contributed by atoms with van der Waals surface area (Å²) in [6.07, 6.45) is 3.23. The first-order valence-corrected chi connectivity index (χ1v) is 9.70. The summed E-state index contributed by atoms with van der Waals surface area (Å²) in [6.45, 7) is 0.451. The maximum absolute atomic E-state index is 14.7. The maximum Gasteiger partial charge on any atom is 0.162 e. The zero-order valence-electron chi connectivity index (χ0n) is 16.4. The normalized spacial score (nSPS) is 11.1. The van der Waals surface area contributed by atoms with Gasteiger partial charge in [-0.25, -0.2) is 4.39 Å². The fourth-order valence-electron chi connectivity index (χ4n) is 3.74. The van der Waals surface area contributed by atoms with Crippen molar-refractivity contribution in [2.24, 2.45) is 0 Å². The molecule has 4 aromatic carbocycles. The minimum Gasteiger partial charge on any atom is -0.493 e. The lowest BCUT2D eigenvalue weighted by Crippen LogP contribution is -1.99. The highest BCUT2D eigenvalue weighted by Crippen LogP contribution is 2.34. The van der Waals surface area contributed by atoms with E-state index in [1.54, 1.807) is 19.2 Å². The predicted molar refractivity (Wildman–Crippen MR) is 117 cm³/mol. The Morgan fingerprint density at radius 1 is 0.833 bits per heavy atom. The summed E-state index contributed by atoms with van der Waals surface area (Å²) in [5, 5.41) is 2.44. The van der Waals surface area contributed by atoms with Crippen molar-refractivity contribution in [3.05, 3.63) is 103 Å². The molecule has 0 spiro atoms. The number of nitrogens with zero attached hydrogens (tertiary/aromatic N) is 1. The van der Waals surface area contributed by atoms with E-state index in [0.29, 0.717) is 23.5 Å². The Morgan fingerprint density at radius 2 is 1.60 bits per heavy atom. The van der Waals surface area contributed by atoms with Crippen molar-refractivity contribution < 1.29 is 13.9 Å². The second-order valence-electron chi connectivity index (χ2n) is 7.06. The number of halogens is 1. The van der Waals surface area contributed by atoms with Gasteiger partial charge in [-0.15, -0.1) is 0 Å². The van der Waals surface area contributed by atoms with E-state index in [-0.39, 0.29) is 5.82 Å². The van der Waals surface area contributed by atoms with Crippen LogP contribution >= 0.6 is 0 Å². The third kappa shape index (κ3) is 3.16. The monoisotopic (exact) mass is 396 g/mol. The minimum absolute atomic E-state index is 0.249. The summed E-state index contributed by atoms with van der Waals surface area (Å²) in [6, 6.07) is 26.6. The lowest BCUT2D eigenvalue weighted by Gasteiger charge is -2.13. The molecule has 0 N–H and O–H groups in total. The number of rotatable bonds is 5. The molecule has 5 aromatic rings. The highest BCUT2D eigenvalue weighted by Gasteiger charge is 2.13. The Bertz CT molecular complexity index is 1340. The summed E-state index contributed by atoms with van der Waals surface area (Å²) in [7, 11) is 1.61. The SMILES string of the molecule is COc1cc(-n2[c]cc3c4ccccc4c(F)cc32)ccc1OCc1ccccc1. The van der Waals surface area contributed by atoms with Gasteiger partial charge in [0.1, 0.15) is 12.4 Å². The molecule has 147 valence electrons. The van der Waals surface area contributed by atoms with Gasteiger partial charge in [-0.1, -0.05) is 54.6 Å². The first-order chi connectivity index (χ1) is 14.7.